The topological polar surface area (TPSA) is 48.4 Å². The Labute approximate surface area is 104 Å². The average molecular weight is 239 g/mol. The summed E-state index contributed by atoms with van der Waals surface area (Å²) in [7, 11) is 0. The molecule has 2 aromatic rings. The molecule has 1 aromatic carbocycles. The Kier molecular flexibility index (Phi) is 3.57. The van der Waals surface area contributed by atoms with Crippen LogP contribution in [0.4, 0.5) is 0 Å². The Morgan fingerprint density at radius 1 is 1.28 bits per heavy atom. The first-order valence-corrected chi connectivity index (χ1v) is 5.15. The molecule has 4 heteroatoms. The van der Waals surface area contributed by atoms with Gasteiger partial charge < -0.3 is 0 Å². The molecular formula is C14H9NO3. The molecule has 0 radical (unpaired) electrons. The van der Waals surface area contributed by atoms with Crippen molar-refractivity contribution in [1.29, 1.82) is 0 Å². The highest BCUT2D eigenvalue weighted by molar-refractivity contribution is 5.88. The number of pyridine rings is 1. The van der Waals surface area contributed by atoms with Crippen LogP contribution in [0, 0.1) is 12.3 Å². The second-order valence-electron chi connectivity index (χ2n) is 3.37. The van der Waals surface area contributed by atoms with Gasteiger partial charge in [-0.1, -0.05) is 12.0 Å². The number of benzene rings is 1. The van der Waals surface area contributed by atoms with Gasteiger partial charge in [0.15, 0.2) is 5.75 Å². The van der Waals surface area contributed by atoms with Gasteiger partial charge >= 0.3 is 5.97 Å². The minimum absolute atomic E-state index is 0.311. The van der Waals surface area contributed by atoms with Gasteiger partial charge in [-0.3, -0.25) is 9.87 Å². The van der Waals surface area contributed by atoms with Gasteiger partial charge in [-0.2, -0.15) is 0 Å². The summed E-state index contributed by atoms with van der Waals surface area (Å²) in [6.07, 6.45) is 8.20. The predicted octanol–water partition coefficient (Wildman–Crippen LogP) is 2.21. The number of hydrogen-bond donors (Lipinski definition) is 0. The summed E-state index contributed by atoms with van der Waals surface area (Å²) in [6, 6.07) is 9.90. The lowest BCUT2D eigenvalue weighted by Gasteiger charge is -2.04. The summed E-state index contributed by atoms with van der Waals surface area (Å²) in [4.78, 5) is 24.9. The lowest BCUT2D eigenvalue weighted by Crippen LogP contribution is -2.08. The molecule has 0 fully saturated rings. The standard InChI is InChI=1S/C14H9NO3/c1-2-11-5-3-7-13(9-11)17-18-14(16)12-6-4-8-15-10-12/h1,3-10H. The smallest absolute Gasteiger partial charge is 0.287 e. The van der Waals surface area contributed by atoms with Crippen LogP contribution in [-0.4, -0.2) is 11.0 Å². The molecule has 0 atom stereocenters. The molecule has 0 N–H and O–H groups in total. The average Bonchev–Trinajstić information content (AvgIpc) is 2.46. The summed E-state index contributed by atoms with van der Waals surface area (Å²) >= 11 is 0. The van der Waals surface area contributed by atoms with E-state index in [4.69, 9.17) is 11.3 Å². The molecule has 88 valence electrons. The van der Waals surface area contributed by atoms with Crippen molar-refractivity contribution in [3.63, 3.8) is 0 Å². The van der Waals surface area contributed by atoms with Crippen LogP contribution >= 0.6 is 0 Å². The fraction of sp³-hybridized carbons (Fsp3) is 0. The maximum atomic E-state index is 11.5. The fourth-order valence-electron chi connectivity index (χ4n) is 1.26. The van der Waals surface area contributed by atoms with Crippen LogP contribution in [0.25, 0.3) is 0 Å². The molecule has 0 saturated carbocycles. The van der Waals surface area contributed by atoms with E-state index >= 15 is 0 Å². The molecule has 0 amide bonds. The van der Waals surface area contributed by atoms with Crippen LogP contribution in [0.3, 0.4) is 0 Å². The number of hydrogen-bond acceptors (Lipinski definition) is 4. The quantitative estimate of drug-likeness (QED) is 0.468. The monoisotopic (exact) mass is 239 g/mol. The van der Waals surface area contributed by atoms with Crippen molar-refractivity contribution < 1.29 is 14.6 Å². The number of carbonyl (C=O) groups is 1. The van der Waals surface area contributed by atoms with Crippen LogP contribution < -0.4 is 4.89 Å². The highest BCUT2D eigenvalue weighted by atomic mass is 17.2. The highest BCUT2D eigenvalue weighted by Crippen LogP contribution is 2.13. The molecular weight excluding hydrogens is 230 g/mol. The Balaban J connectivity index is 2.00. The van der Waals surface area contributed by atoms with E-state index in [1.807, 2.05) is 0 Å². The lowest BCUT2D eigenvalue weighted by atomic mass is 10.2. The molecule has 1 aromatic heterocycles. The number of rotatable bonds is 3. The normalized spacial score (nSPS) is 9.28. The van der Waals surface area contributed by atoms with Crippen molar-refractivity contribution in [2.24, 2.45) is 0 Å². The number of aromatic nitrogens is 1. The van der Waals surface area contributed by atoms with E-state index in [-0.39, 0.29) is 0 Å². The summed E-state index contributed by atoms with van der Waals surface area (Å²) in [6.45, 7) is 0. The van der Waals surface area contributed by atoms with Crippen LogP contribution in [0.1, 0.15) is 15.9 Å². The van der Waals surface area contributed by atoms with Gasteiger partial charge in [-0.05, 0) is 24.3 Å². The van der Waals surface area contributed by atoms with Crippen molar-refractivity contribution in [1.82, 2.24) is 4.98 Å². The number of nitrogens with zero attached hydrogens (tertiary/aromatic N) is 1. The van der Waals surface area contributed by atoms with E-state index in [0.29, 0.717) is 16.9 Å². The van der Waals surface area contributed by atoms with Crippen LogP contribution in [0.15, 0.2) is 48.8 Å². The predicted molar refractivity (Wildman–Crippen MR) is 64.7 cm³/mol. The molecule has 4 nitrogen and oxygen atoms in total. The Hall–Kier alpha value is -2.80. The highest BCUT2D eigenvalue weighted by Gasteiger charge is 2.08. The molecule has 0 saturated heterocycles. The van der Waals surface area contributed by atoms with Crippen molar-refractivity contribution in [3.05, 3.63) is 59.9 Å². The third-order valence-electron chi connectivity index (χ3n) is 2.11. The van der Waals surface area contributed by atoms with Crippen LogP contribution in [0.5, 0.6) is 5.75 Å². The van der Waals surface area contributed by atoms with E-state index in [0.717, 1.165) is 0 Å². The van der Waals surface area contributed by atoms with Gasteiger partial charge in [0.1, 0.15) is 0 Å². The van der Waals surface area contributed by atoms with Crippen molar-refractivity contribution >= 4 is 5.97 Å². The Morgan fingerprint density at radius 2 is 2.17 bits per heavy atom. The molecule has 0 aliphatic carbocycles. The Bertz CT molecular complexity index is 587. The molecule has 0 bridgehead atoms. The van der Waals surface area contributed by atoms with Crippen molar-refractivity contribution in [2.45, 2.75) is 0 Å². The fourth-order valence-corrected chi connectivity index (χ4v) is 1.26. The summed E-state index contributed by atoms with van der Waals surface area (Å²) in [5.74, 6) is 2.20. The summed E-state index contributed by atoms with van der Waals surface area (Å²) < 4.78 is 0. The molecule has 18 heavy (non-hydrogen) atoms. The minimum Gasteiger partial charge on any atom is -0.287 e. The molecule has 0 aliphatic heterocycles. The van der Waals surface area contributed by atoms with E-state index in [9.17, 15) is 4.79 Å². The first-order chi connectivity index (χ1) is 8.79. The van der Waals surface area contributed by atoms with Crippen LogP contribution in [-0.2, 0) is 4.89 Å². The summed E-state index contributed by atoms with van der Waals surface area (Å²) in [5.41, 5.74) is 0.954. The largest absolute Gasteiger partial charge is 0.387 e. The zero-order valence-electron chi connectivity index (χ0n) is 9.37. The van der Waals surface area contributed by atoms with E-state index in [1.54, 1.807) is 42.6 Å². The van der Waals surface area contributed by atoms with Crippen LogP contribution in [0.2, 0.25) is 0 Å². The van der Waals surface area contributed by atoms with Gasteiger partial charge in [0.25, 0.3) is 0 Å². The minimum atomic E-state index is -0.616. The van der Waals surface area contributed by atoms with Crippen molar-refractivity contribution in [3.8, 4) is 18.1 Å². The molecule has 0 aliphatic rings. The Morgan fingerprint density at radius 3 is 2.89 bits per heavy atom. The summed E-state index contributed by atoms with van der Waals surface area (Å²) in [5, 5.41) is 0. The number of carbonyl (C=O) groups excluding carboxylic acids is 1. The maximum absolute atomic E-state index is 11.5. The molecule has 2 rings (SSSR count). The second-order valence-corrected chi connectivity index (χ2v) is 3.37. The van der Waals surface area contributed by atoms with Gasteiger partial charge in [-0.25, -0.2) is 9.68 Å². The first-order valence-electron chi connectivity index (χ1n) is 5.15. The number of terminal acetylenes is 1. The van der Waals surface area contributed by atoms with E-state index in [2.05, 4.69) is 15.8 Å². The first kappa shape index (κ1) is 11.7. The molecule has 0 spiro atoms. The lowest BCUT2D eigenvalue weighted by molar-refractivity contribution is -0.149. The SMILES string of the molecule is C#Cc1cccc(OOC(=O)c2cccnc2)c1. The zero-order chi connectivity index (χ0) is 12.8. The third-order valence-corrected chi connectivity index (χ3v) is 2.11. The van der Waals surface area contributed by atoms with Gasteiger partial charge in [0, 0.05) is 24.0 Å². The van der Waals surface area contributed by atoms with Gasteiger partial charge in [0.05, 0.1) is 5.56 Å². The molecule has 1 heterocycles. The van der Waals surface area contributed by atoms with Gasteiger partial charge in [-0.15, -0.1) is 6.42 Å². The third kappa shape index (κ3) is 2.86. The zero-order valence-corrected chi connectivity index (χ0v) is 9.37. The molecule has 0 unspecified atom stereocenters. The van der Waals surface area contributed by atoms with Crippen molar-refractivity contribution in [2.75, 3.05) is 0 Å². The maximum Gasteiger partial charge on any atom is 0.387 e. The van der Waals surface area contributed by atoms with E-state index < -0.39 is 5.97 Å². The van der Waals surface area contributed by atoms with E-state index in [1.165, 1.54) is 6.20 Å². The van der Waals surface area contributed by atoms with Gasteiger partial charge in [0.2, 0.25) is 0 Å². The second kappa shape index (κ2) is 5.51.